The van der Waals surface area contributed by atoms with Gasteiger partial charge in [-0.25, -0.2) is 9.97 Å². The van der Waals surface area contributed by atoms with Crippen LogP contribution < -0.4 is 10.6 Å². The fourth-order valence-corrected chi connectivity index (χ4v) is 2.51. The largest absolute Gasteiger partial charge is 0.372 e. The van der Waals surface area contributed by atoms with Gasteiger partial charge in [0.2, 0.25) is 5.91 Å². The first-order chi connectivity index (χ1) is 12.4. The van der Waals surface area contributed by atoms with Crippen molar-refractivity contribution in [2.45, 2.75) is 33.2 Å². The lowest BCUT2D eigenvalue weighted by Gasteiger charge is -2.24. The van der Waals surface area contributed by atoms with Gasteiger partial charge in [-0.3, -0.25) is 9.59 Å². The number of pyridine rings is 2. The topological polar surface area (TPSA) is 87.2 Å². The summed E-state index contributed by atoms with van der Waals surface area (Å²) in [6.45, 7) is 5.48. The Kier molecular flexibility index (Phi) is 6.27. The third-order valence-electron chi connectivity index (χ3n) is 4.32. The molecule has 2 amide bonds. The Labute approximate surface area is 153 Å². The number of hydrogen-bond acceptors (Lipinski definition) is 5. The van der Waals surface area contributed by atoms with Crippen LogP contribution >= 0.6 is 0 Å². The van der Waals surface area contributed by atoms with Crippen LogP contribution in [0.15, 0.2) is 30.6 Å². The molecule has 1 unspecified atom stereocenters. The fraction of sp³-hybridized carbons (Fsp3) is 0.368. The van der Waals surface area contributed by atoms with Gasteiger partial charge in [0.1, 0.15) is 11.6 Å². The van der Waals surface area contributed by atoms with E-state index in [0.717, 1.165) is 17.5 Å². The predicted octanol–water partition coefficient (Wildman–Crippen LogP) is 3.01. The standard InChI is InChI=1S/C19H25N5O2/c1-6-12(2)24(5)19(26)16-9-15(11-22-18(16)20-4)14-7-8-21-17(10-14)23-13(3)25/h7-12H,6H2,1-5H3,(H,20,22)(H,21,23,25). The highest BCUT2D eigenvalue weighted by atomic mass is 16.2. The number of amides is 2. The molecule has 0 fully saturated rings. The van der Waals surface area contributed by atoms with Crippen molar-refractivity contribution in [3.05, 3.63) is 36.2 Å². The molecule has 1 atom stereocenters. The fourth-order valence-electron chi connectivity index (χ4n) is 2.51. The van der Waals surface area contributed by atoms with Crippen molar-refractivity contribution in [2.24, 2.45) is 0 Å². The van der Waals surface area contributed by atoms with Gasteiger partial charge in [-0.05, 0) is 37.1 Å². The van der Waals surface area contributed by atoms with Crippen LogP contribution in [-0.4, -0.2) is 46.8 Å². The van der Waals surface area contributed by atoms with E-state index in [1.54, 1.807) is 37.5 Å². The molecule has 0 bridgehead atoms. The number of hydrogen-bond donors (Lipinski definition) is 2. The number of nitrogens with zero attached hydrogens (tertiary/aromatic N) is 3. The van der Waals surface area contributed by atoms with Gasteiger partial charge >= 0.3 is 0 Å². The normalized spacial score (nSPS) is 11.6. The lowest BCUT2D eigenvalue weighted by molar-refractivity contribution is -0.114. The molecule has 7 nitrogen and oxygen atoms in total. The van der Waals surface area contributed by atoms with Gasteiger partial charge in [0, 0.05) is 45.0 Å². The predicted molar refractivity (Wildman–Crippen MR) is 103 cm³/mol. The quantitative estimate of drug-likeness (QED) is 0.832. The highest BCUT2D eigenvalue weighted by molar-refractivity contribution is 6.00. The van der Waals surface area contributed by atoms with Crippen molar-refractivity contribution in [1.82, 2.24) is 14.9 Å². The molecular weight excluding hydrogens is 330 g/mol. The first-order valence-corrected chi connectivity index (χ1v) is 8.56. The summed E-state index contributed by atoms with van der Waals surface area (Å²) in [5.41, 5.74) is 2.10. The minimum atomic E-state index is -0.190. The summed E-state index contributed by atoms with van der Waals surface area (Å²) in [6, 6.07) is 5.51. The van der Waals surface area contributed by atoms with Gasteiger partial charge in [0.15, 0.2) is 0 Å². The van der Waals surface area contributed by atoms with Crippen molar-refractivity contribution in [1.29, 1.82) is 0 Å². The molecule has 0 saturated carbocycles. The maximum absolute atomic E-state index is 12.9. The van der Waals surface area contributed by atoms with Crippen molar-refractivity contribution in [2.75, 3.05) is 24.7 Å². The third-order valence-corrected chi connectivity index (χ3v) is 4.32. The maximum atomic E-state index is 12.9. The molecule has 0 aliphatic carbocycles. The van der Waals surface area contributed by atoms with Crippen molar-refractivity contribution >= 4 is 23.5 Å². The summed E-state index contributed by atoms with van der Waals surface area (Å²) in [6.07, 6.45) is 4.17. The molecule has 2 heterocycles. The van der Waals surface area contributed by atoms with E-state index in [0.29, 0.717) is 17.2 Å². The van der Waals surface area contributed by atoms with Gasteiger partial charge in [-0.15, -0.1) is 0 Å². The zero-order valence-electron chi connectivity index (χ0n) is 15.8. The summed E-state index contributed by atoms with van der Waals surface area (Å²) < 4.78 is 0. The zero-order valence-corrected chi connectivity index (χ0v) is 15.8. The molecule has 2 rings (SSSR count). The molecule has 0 aliphatic rings. The van der Waals surface area contributed by atoms with Crippen LogP contribution in [-0.2, 0) is 4.79 Å². The van der Waals surface area contributed by atoms with Crippen molar-refractivity contribution in [3.8, 4) is 11.1 Å². The molecule has 0 aromatic carbocycles. The Balaban J connectivity index is 2.44. The summed E-state index contributed by atoms with van der Waals surface area (Å²) in [4.78, 5) is 34.4. The van der Waals surface area contributed by atoms with Crippen LogP contribution in [0.5, 0.6) is 0 Å². The Morgan fingerprint density at radius 1 is 1.23 bits per heavy atom. The number of aromatic nitrogens is 2. The molecule has 2 N–H and O–H groups in total. The first kappa shape index (κ1) is 19.4. The van der Waals surface area contributed by atoms with Crippen LogP contribution in [0.4, 0.5) is 11.6 Å². The molecule has 0 spiro atoms. The maximum Gasteiger partial charge on any atom is 0.257 e. The lowest BCUT2D eigenvalue weighted by atomic mass is 10.1. The lowest BCUT2D eigenvalue weighted by Crippen LogP contribution is -2.35. The van der Waals surface area contributed by atoms with Crippen LogP contribution in [0.2, 0.25) is 0 Å². The monoisotopic (exact) mass is 355 g/mol. The van der Waals surface area contributed by atoms with Gasteiger partial charge in [-0.1, -0.05) is 6.92 Å². The average Bonchev–Trinajstić information content (AvgIpc) is 2.65. The van der Waals surface area contributed by atoms with E-state index in [2.05, 4.69) is 20.6 Å². The molecule has 7 heteroatoms. The summed E-state index contributed by atoms with van der Waals surface area (Å²) in [5.74, 6) is 0.709. The SMILES string of the molecule is CCC(C)N(C)C(=O)c1cc(-c2ccnc(NC(C)=O)c2)cnc1NC. The van der Waals surface area contributed by atoms with Crippen molar-refractivity contribution < 1.29 is 9.59 Å². The number of rotatable bonds is 6. The second-order valence-electron chi connectivity index (χ2n) is 6.15. The molecule has 2 aromatic rings. The van der Waals surface area contributed by atoms with Gasteiger partial charge in [0.05, 0.1) is 5.56 Å². The van der Waals surface area contributed by atoms with Crippen LogP contribution in [0.3, 0.4) is 0 Å². The first-order valence-electron chi connectivity index (χ1n) is 8.56. The van der Waals surface area contributed by atoms with Crippen LogP contribution in [0, 0.1) is 0 Å². The summed E-state index contributed by atoms with van der Waals surface area (Å²) >= 11 is 0. The van der Waals surface area contributed by atoms with E-state index in [4.69, 9.17) is 0 Å². The molecule has 2 aromatic heterocycles. The number of anilines is 2. The Morgan fingerprint density at radius 3 is 2.58 bits per heavy atom. The zero-order chi connectivity index (χ0) is 19.3. The Hall–Kier alpha value is -2.96. The molecule has 0 saturated heterocycles. The minimum Gasteiger partial charge on any atom is -0.372 e. The van der Waals surface area contributed by atoms with E-state index in [9.17, 15) is 9.59 Å². The Morgan fingerprint density at radius 2 is 1.96 bits per heavy atom. The third kappa shape index (κ3) is 4.36. The van der Waals surface area contributed by atoms with Gasteiger partial charge < -0.3 is 15.5 Å². The summed E-state index contributed by atoms with van der Waals surface area (Å²) in [7, 11) is 3.54. The van der Waals surface area contributed by atoms with Gasteiger partial charge in [-0.2, -0.15) is 0 Å². The molecular formula is C19H25N5O2. The second-order valence-corrected chi connectivity index (χ2v) is 6.15. The van der Waals surface area contributed by atoms with Crippen LogP contribution in [0.1, 0.15) is 37.6 Å². The van der Waals surface area contributed by atoms with E-state index in [1.165, 1.54) is 6.92 Å². The Bertz CT molecular complexity index is 806. The van der Waals surface area contributed by atoms with E-state index >= 15 is 0 Å². The van der Waals surface area contributed by atoms with Crippen molar-refractivity contribution in [3.63, 3.8) is 0 Å². The minimum absolute atomic E-state index is 0.0887. The smallest absolute Gasteiger partial charge is 0.257 e. The van der Waals surface area contributed by atoms with Gasteiger partial charge in [0.25, 0.3) is 5.91 Å². The summed E-state index contributed by atoms with van der Waals surface area (Å²) in [5, 5.41) is 5.63. The molecule has 0 aliphatic heterocycles. The number of nitrogens with one attached hydrogen (secondary N) is 2. The molecule has 26 heavy (non-hydrogen) atoms. The highest BCUT2D eigenvalue weighted by Gasteiger charge is 2.20. The molecule has 138 valence electrons. The molecule has 0 radical (unpaired) electrons. The van der Waals surface area contributed by atoms with E-state index in [-0.39, 0.29) is 17.9 Å². The number of carbonyl (C=O) groups excluding carboxylic acids is 2. The van der Waals surface area contributed by atoms with Crippen LogP contribution in [0.25, 0.3) is 11.1 Å². The average molecular weight is 355 g/mol. The number of carbonyl (C=O) groups is 2. The van der Waals surface area contributed by atoms with E-state index in [1.807, 2.05) is 26.0 Å². The van der Waals surface area contributed by atoms with E-state index < -0.39 is 0 Å². The highest BCUT2D eigenvalue weighted by Crippen LogP contribution is 2.25. The second kappa shape index (κ2) is 8.42.